The number of benzene rings is 1. The minimum absolute atomic E-state index is 0.157. The average Bonchev–Trinajstić information content (AvgIpc) is 2.82. The Bertz CT molecular complexity index is 632. The molecule has 0 aromatic heterocycles. The summed E-state index contributed by atoms with van der Waals surface area (Å²) in [6.45, 7) is 4.65. The van der Waals surface area contributed by atoms with Crippen LogP contribution in [0.5, 0.6) is 0 Å². The molecule has 1 aromatic carbocycles. The number of fused-ring (bicyclic) bond motifs is 1. The smallest absolute Gasteiger partial charge is 0.410 e. The molecule has 3 unspecified atom stereocenters. The number of methoxy groups -OCH3 is 1. The first-order valence-corrected chi connectivity index (χ1v) is 7.90. The Hall–Kier alpha value is -2.34. The van der Waals surface area contributed by atoms with Crippen LogP contribution < -0.4 is 0 Å². The molecule has 0 saturated carbocycles. The molecule has 2 aliphatic heterocycles. The topological polar surface area (TPSA) is 65.1 Å². The van der Waals surface area contributed by atoms with Crippen molar-refractivity contribution in [2.45, 2.75) is 25.2 Å². The third kappa shape index (κ3) is 2.67. The zero-order valence-electron chi connectivity index (χ0n) is 13.6. The second-order valence-corrected chi connectivity index (χ2v) is 6.14. The summed E-state index contributed by atoms with van der Waals surface area (Å²) in [6.07, 6.45) is 1.61. The molecule has 128 valence electrons. The third-order valence-electron chi connectivity index (χ3n) is 4.80. The molecule has 0 bridgehead atoms. The van der Waals surface area contributed by atoms with Crippen LogP contribution in [0.4, 0.5) is 4.79 Å². The summed E-state index contributed by atoms with van der Waals surface area (Å²) in [5, 5.41) is 0. The third-order valence-corrected chi connectivity index (χ3v) is 4.80. The van der Waals surface area contributed by atoms with Gasteiger partial charge in [-0.25, -0.2) is 9.59 Å². The van der Waals surface area contributed by atoms with Gasteiger partial charge in [0.1, 0.15) is 12.6 Å². The van der Waals surface area contributed by atoms with E-state index in [-0.39, 0.29) is 12.7 Å². The summed E-state index contributed by atoms with van der Waals surface area (Å²) >= 11 is 0. The number of rotatable bonds is 5. The fourth-order valence-corrected chi connectivity index (χ4v) is 3.53. The molecular formula is C18H21NO5. The molecule has 3 atom stereocenters. The molecule has 3 rings (SSSR count). The van der Waals surface area contributed by atoms with Gasteiger partial charge in [0.05, 0.1) is 31.8 Å². The molecule has 2 heterocycles. The van der Waals surface area contributed by atoms with Crippen LogP contribution in [0.15, 0.2) is 43.0 Å². The maximum atomic E-state index is 12.5. The van der Waals surface area contributed by atoms with Crippen molar-refractivity contribution in [2.75, 3.05) is 20.3 Å². The number of hydrogen-bond donors (Lipinski definition) is 0. The van der Waals surface area contributed by atoms with Crippen molar-refractivity contribution in [1.29, 1.82) is 0 Å². The van der Waals surface area contributed by atoms with Crippen LogP contribution in [0.1, 0.15) is 12.0 Å². The van der Waals surface area contributed by atoms with Gasteiger partial charge in [-0.3, -0.25) is 4.90 Å². The molecule has 24 heavy (non-hydrogen) atoms. The van der Waals surface area contributed by atoms with Crippen LogP contribution >= 0.6 is 0 Å². The van der Waals surface area contributed by atoms with Gasteiger partial charge in [-0.05, 0) is 12.0 Å². The van der Waals surface area contributed by atoms with Gasteiger partial charge in [0.15, 0.2) is 0 Å². The fourth-order valence-electron chi connectivity index (χ4n) is 3.53. The number of esters is 1. The number of nitrogens with zero attached hydrogens (tertiary/aromatic N) is 1. The number of ether oxygens (including phenoxy) is 3. The quantitative estimate of drug-likeness (QED) is 0.611. The normalized spacial score (nSPS) is 27.8. The first-order valence-electron chi connectivity index (χ1n) is 7.90. The Balaban J connectivity index is 1.74. The maximum absolute atomic E-state index is 12.5. The Labute approximate surface area is 141 Å². The molecule has 0 N–H and O–H groups in total. The summed E-state index contributed by atoms with van der Waals surface area (Å²) in [6, 6.07) is 8.70. The lowest BCUT2D eigenvalue weighted by atomic mass is 9.72. The lowest BCUT2D eigenvalue weighted by molar-refractivity contribution is -0.182. The molecule has 2 fully saturated rings. The van der Waals surface area contributed by atoms with Crippen LogP contribution in [0.3, 0.4) is 0 Å². The Kier molecular flexibility index (Phi) is 4.57. The van der Waals surface area contributed by atoms with Gasteiger partial charge in [0.2, 0.25) is 0 Å². The predicted molar refractivity (Wildman–Crippen MR) is 86.1 cm³/mol. The maximum Gasteiger partial charge on any atom is 0.410 e. The first kappa shape index (κ1) is 16.5. The van der Waals surface area contributed by atoms with E-state index in [1.165, 1.54) is 12.0 Å². The van der Waals surface area contributed by atoms with E-state index in [1.54, 1.807) is 6.08 Å². The molecule has 1 amide bonds. The van der Waals surface area contributed by atoms with Crippen molar-refractivity contribution in [2.24, 2.45) is 5.41 Å². The molecule has 1 aromatic rings. The van der Waals surface area contributed by atoms with Crippen molar-refractivity contribution in [3.63, 3.8) is 0 Å². The molecule has 2 saturated heterocycles. The number of carbonyl (C=O) groups is 2. The summed E-state index contributed by atoms with van der Waals surface area (Å²) in [5.41, 5.74) is 0.431. The summed E-state index contributed by atoms with van der Waals surface area (Å²) in [5.74, 6) is -0.445. The standard InChI is InChI=1S/C18H21NO5/c1-3-9-18-12-24-14(18)10-19(15(18)16(20)22-2)17(21)23-11-13-7-5-4-6-8-13/h3-8,14-15H,1,9-12H2,2H3. The number of carbonyl (C=O) groups excluding carboxylic acids is 2. The second kappa shape index (κ2) is 6.65. The molecule has 2 aliphatic rings. The Morgan fingerprint density at radius 3 is 2.75 bits per heavy atom. The van der Waals surface area contributed by atoms with Crippen molar-refractivity contribution < 1.29 is 23.8 Å². The highest BCUT2D eigenvalue weighted by atomic mass is 16.6. The number of amides is 1. The average molecular weight is 331 g/mol. The Morgan fingerprint density at radius 1 is 1.42 bits per heavy atom. The summed E-state index contributed by atoms with van der Waals surface area (Å²) in [4.78, 5) is 26.3. The monoisotopic (exact) mass is 331 g/mol. The SMILES string of the molecule is C=CCC12COC1CN(C(=O)OCc1ccccc1)C2C(=O)OC. The van der Waals surface area contributed by atoms with E-state index in [1.807, 2.05) is 30.3 Å². The van der Waals surface area contributed by atoms with Crippen LogP contribution in [0.25, 0.3) is 0 Å². The highest BCUT2D eigenvalue weighted by Crippen LogP contribution is 2.49. The van der Waals surface area contributed by atoms with Gasteiger partial charge in [0.25, 0.3) is 0 Å². The fraction of sp³-hybridized carbons (Fsp3) is 0.444. The zero-order valence-corrected chi connectivity index (χ0v) is 13.6. The molecule has 0 radical (unpaired) electrons. The summed E-state index contributed by atoms with van der Waals surface area (Å²) < 4.78 is 15.9. The van der Waals surface area contributed by atoms with Crippen molar-refractivity contribution in [1.82, 2.24) is 4.90 Å². The second-order valence-electron chi connectivity index (χ2n) is 6.14. The van der Waals surface area contributed by atoms with E-state index < -0.39 is 23.5 Å². The molecule has 6 nitrogen and oxygen atoms in total. The van der Waals surface area contributed by atoms with Gasteiger partial charge in [-0.2, -0.15) is 0 Å². The van der Waals surface area contributed by atoms with E-state index in [9.17, 15) is 9.59 Å². The molecule has 0 aliphatic carbocycles. The van der Waals surface area contributed by atoms with Crippen LogP contribution in [-0.4, -0.2) is 49.4 Å². The molecule has 6 heteroatoms. The number of likely N-dealkylation sites (tertiary alicyclic amines) is 1. The van der Waals surface area contributed by atoms with Crippen molar-refractivity contribution in [3.05, 3.63) is 48.6 Å². The number of hydrogen-bond acceptors (Lipinski definition) is 5. The van der Waals surface area contributed by atoms with Gasteiger partial charge in [-0.15, -0.1) is 6.58 Å². The van der Waals surface area contributed by atoms with E-state index in [4.69, 9.17) is 14.2 Å². The van der Waals surface area contributed by atoms with E-state index in [2.05, 4.69) is 6.58 Å². The van der Waals surface area contributed by atoms with Crippen LogP contribution in [-0.2, 0) is 25.6 Å². The minimum atomic E-state index is -0.706. The van der Waals surface area contributed by atoms with Gasteiger partial charge >= 0.3 is 12.1 Å². The highest BCUT2D eigenvalue weighted by Gasteiger charge is 2.65. The number of allylic oxidation sites excluding steroid dienone is 1. The predicted octanol–water partition coefficient (Wildman–Crippen LogP) is 2.14. The first-order chi connectivity index (χ1) is 11.6. The molecule has 0 spiro atoms. The minimum Gasteiger partial charge on any atom is -0.467 e. The lowest BCUT2D eigenvalue weighted by Crippen LogP contribution is -2.58. The zero-order chi connectivity index (χ0) is 17.2. The van der Waals surface area contributed by atoms with E-state index in [0.29, 0.717) is 19.6 Å². The van der Waals surface area contributed by atoms with Gasteiger partial charge < -0.3 is 14.2 Å². The summed E-state index contributed by atoms with van der Waals surface area (Å²) in [7, 11) is 1.32. The lowest BCUT2D eigenvalue weighted by Gasteiger charge is -2.45. The van der Waals surface area contributed by atoms with Gasteiger partial charge in [0, 0.05) is 0 Å². The van der Waals surface area contributed by atoms with E-state index >= 15 is 0 Å². The molecular weight excluding hydrogens is 310 g/mol. The van der Waals surface area contributed by atoms with Gasteiger partial charge in [-0.1, -0.05) is 36.4 Å². The van der Waals surface area contributed by atoms with E-state index in [0.717, 1.165) is 5.56 Å². The largest absolute Gasteiger partial charge is 0.467 e. The van der Waals surface area contributed by atoms with Crippen molar-refractivity contribution in [3.8, 4) is 0 Å². The van der Waals surface area contributed by atoms with Crippen molar-refractivity contribution >= 4 is 12.1 Å². The van der Waals surface area contributed by atoms with Crippen LogP contribution in [0, 0.1) is 5.41 Å². The Morgan fingerprint density at radius 2 is 2.17 bits per heavy atom. The van der Waals surface area contributed by atoms with Crippen LogP contribution in [0.2, 0.25) is 0 Å². The highest BCUT2D eigenvalue weighted by molar-refractivity contribution is 5.84.